The highest BCUT2D eigenvalue weighted by molar-refractivity contribution is 5.19. The maximum atomic E-state index is 4.39. The third-order valence-electron chi connectivity index (χ3n) is 3.01. The second-order valence-electron chi connectivity index (χ2n) is 5.81. The Morgan fingerprint density at radius 2 is 1.71 bits per heavy atom. The van der Waals surface area contributed by atoms with E-state index in [4.69, 9.17) is 0 Å². The summed E-state index contributed by atoms with van der Waals surface area (Å²) in [6, 6.07) is 0. The van der Waals surface area contributed by atoms with Gasteiger partial charge in [0.05, 0.1) is 11.4 Å². The lowest BCUT2D eigenvalue weighted by Gasteiger charge is -2.21. The number of nitrogens with zero attached hydrogens (tertiary/aromatic N) is 3. The van der Waals surface area contributed by atoms with Crippen LogP contribution >= 0.6 is 0 Å². The molecule has 0 atom stereocenters. The molecule has 0 radical (unpaired) electrons. The van der Waals surface area contributed by atoms with Gasteiger partial charge in [0.1, 0.15) is 0 Å². The van der Waals surface area contributed by atoms with Crippen molar-refractivity contribution in [1.82, 2.24) is 15.0 Å². The van der Waals surface area contributed by atoms with Crippen molar-refractivity contribution in [3.63, 3.8) is 0 Å². The van der Waals surface area contributed by atoms with Crippen LogP contribution in [0, 0.1) is 0 Å². The fraction of sp³-hybridized carbons (Fsp3) is 0.857. The molecule has 17 heavy (non-hydrogen) atoms. The average molecular weight is 237 g/mol. The van der Waals surface area contributed by atoms with Crippen molar-refractivity contribution in [3.8, 4) is 0 Å². The van der Waals surface area contributed by atoms with Crippen LogP contribution in [0.3, 0.4) is 0 Å². The Labute approximate surface area is 106 Å². The normalized spacial score (nSPS) is 12.1. The van der Waals surface area contributed by atoms with Gasteiger partial charge in [-0.25, -0.2) is 4.68 Å². The summed E-state index contributed by atoms with van der Waals surface area (Å²) >= 11 is 0. The third kappa shape index (κ3) is 3.83. The van der Waals surface area contributed by atoms with E-state index in [1.54, 1.807) is 0 Å². The van der Waals surface area contributed by atoms with Gasteiger partial charge in [0.25, 0.3) is 0 Å². The molecule has 0 spiro atoms. The lowest BCUT2D eigenvalue weighted by atomic mass is 9.89. The standard InChI is InChI=1S/C14H27N3/c1-6-8-10-12-13(14(3,4)5)17(16-15-12)11-9-7-2/h6-11H2,1-5H3. The molecule has 1 aromatic rings. The average Bonchev–Trinajstić information content (AvgIpc) is 2.66. The van der Waals surface area contributed by atoms with Gasteiger partial charge in [-0.05, 0) is 19.3 Å². The number of aryl methyl sites for hydroxylation is 2. The molecule has 0 saturated carbocycles. The van der Waals surface area contributed by atoms with Crippen LogP contribution in [0.15, 0.2) is 0 Å². The Hall–Kier alpha value is -0.860. The van der Waals surface area contributed by atoms with Crippen LogP contribution in [0.1, 0.15) is 71.7 Å². The molecule has 0 amide bonds. The predicted molar refractivity (Wildman–Crippen MR) is 72.2 cm³/mol. The van der Waals surface area contributed by atoms with Gasteiger partial charge in [0.2, 0.25) is 0 Å². The molecule has 98 valence electrons. The molecule has 0 fully saturated rings. The molecule has 1 rings (SSSR count). The zero-order valence-electron chi connectivity index (χ0n) is 12.1. The fourth-order valence-corrected chi connectivity index (χ4v) is 2.15. The summed E-state index contributed by atoms with van der Waals surface area (Å²) in [5.41, 5.74) is 2.68. The largest absolute Gasteiger partial charge is 0.249 e. The minimum Gasteiger partial charge on any atom is -0.249 e. The molecule has 0 unspecified atom stereocenters. The fourth-order valence-electron chi connectivity index (χ4n) is 2.15. The lowest BCUT2D eigenvalue weighted by Crippen LogP contribution is -2.20. The first-order valence-corrected chi connectivity index (χ1v) is 6.93. The molecule has 1 heterocycles. The molecule has 0 aliphatic carbocycles. The van der Waals surface area contributed by atoms with E-state index in [-0.39, 0.29) is 5.41 Å². The van der Waals surface area contributed by atoms with Crippen LogP contribution in [-0.2, 0) is 18.4 Å². The summed E-state index contributed by atoms with van der Waals surface area (Å²) in [5, 5.41) is 8.73. The first-order valence-electron chi connectivity index (χ1n) is 6.93. The zero-order chi connectivity index (χ0) is 12.9. The van der Waals surface area contributed by atoms with Crippen molar-refractivity contribution in [2.45, 2.75) is 78.7 Å². The maximum absolute atomic E-state index is 4.39. The molecule has 0 saturated heterocycles. The Balaban J connectivity index is 2.94. The summed E-state index contributed by atoms with van der Waals surface area (Å²) in [6.07, 6.45) is 5.86. The Bertz CT molecular complexity index is 308. The van der Waals surface area contributed by atoms with Crippen LogP contribution in [-0.4, -0.2) is 15.0 Å². The highest BCUT2D eigenvalue weighted by Gasteiger charge is 2.24. The van der Waals surface area contributed by atoms with Gasteiger partial charge in [0.15, 0.2) is 0 Å². The van der Waals surface area contributed by atoms with Crippen molar-refractivity contribution in [3.05, 3.63) is 11.4 Å². The number of rotatable bonds is 6. The van der Waals surface area contributed by atoms with E-state index < -0.39 is 0 Å². The summed E-state index contributed by atoms with van der Waals surface area (Å²) in [6.45, 7) is 12.2. The van der Waals surface area contributed by atoms with Crippen LogP contribution in [0.4, 0.5) is 0 Å². The zero-order valence-corrected chi connectivity index (χ0v) is 12.1. The summed E-state index contributed by atoms with van der Waals surface area (Å²) in [5.74, 6) is 0. The van der Waals surface area contributed by atoms with E-state index in [2.05, 4.69) is 49.6 Å². The predicted octanol–water partition coefficient (Wildman–Crippen LogP) is 3.72. The van der Waals surface area contributed by atoms with Crippen molar-refractivity contribution in [2.75, 3.05) is 0 Å². The third-order valence-corrected chi connectivity index (χ3v) is 3.01. The first-order chi connectivity index (χ1) is 8.00. The topological polar surface area (TPSA) is 30.7 Å². The monoisotopic (exact) mass is 237 g/mol. The van der Waals surface area contributed by atoms with E-state index in [0.717, 1.165) is 13.0 Å². The van der Waals surface area contributed by atoms with Gasteiger partial charge in [-0.3, -0.25) is 0 Å². The second kappa shape index (κ2) is 6.18. The highest BCUT2D eigenvalue weighted by atomic mass is 15.4. The first kappa shape index (κ1) is 14.2. The smallest absolute Gasteiger partial charge is 0.0864 e. The molecule has 0 aromatic carbocycles. The summed E-state index contributed by atoms with van der Waals surface area (Å²) in [7, 11) is 0. The van der Waals surface area contributed by atoms with E-state index >= 15 is 0 Å². The van der Waals surface area contributed by atoms with Gasteiger partial charge in [0, 0.05) is 12.0 Å². The maximum Gasteiger partial charge on any atom is 0.0864 e. The molecule has 0 N–H and O–H groups in total. The molecular weight excluding hydrogens is 210 g/mol. The second-order valence-corrected chi connectivity index (χ2v) is 5.81. The molecule has 0 aliphatic heterocycles. The van der Waals surface area contributed by atoms with Crippen LogP contribution in [0.5, 0.6) is 0 Å². The van der Waals surface area contributed by atoms with Crippen molar-refractivity contribution in [2.24, 2.45) is 0 Å². The van der Waals surface area contributed by atoms with Gasteiger partial charge < -0.3 is 0 Å². The quantitative estimate of drug-likeness (QED) is 0.755. The highest BCUT2D eigenvalue weighted by Crippen LogP contribution is 2.25. The van der Waals surface area contributed by atoms with E-state index in [9.17, 15) is 0 Å². The Morgan fingerprint density at radius 3 is 2.24 bits per heavy atom. The molecular formula is C14H27N3. The Kier molecular flexibility index (Phi) is 5.16. The molecule has 3 nitrogen and oxygen atoms in total. The van der Waals surface area contributed by atoms with Gasteiger partial charge >= 0.3 is 0 Å². The molecule has 1 aromatic heterocycles. The number of hydrogen-bond acceptors (Lipinski definition) is 2. The van der Waals surface area contributed by atoms with Gasteiger partial charge in [-0.1, -0.05) is 52.7 Å². The summed E-state index contributed by atoms with van der Waals surface area (Å²) < 4.78 is 2.12. The molecule has 0 bridgehead atoms. The summed E-state index contributed by atoms with van der Waals surface area (Å²) in [4.78, 5) is 0. The minimum atomic E-state index is 0.139. The van der Waals surface area contributed by atoms with Gasteiger partial charge in [-0.15, -0.1) is 5.10 Å². The van der Waals surface area contributed by atoms with E-state index in [1.807, 2.05) is 0 Å². The van der Waals surface area contributed by atoms with E-state index in [0.29, 0.717) is 0 Å². The number of unbranched alkanes of at least 4 members (excludes halogenated alkanes) is 2. The number of hydrogen-bond donors (Lipinski definition) is 0. The minimum absolute atomic E-state index is 0.139. The van der Waals surface area contributed by atoms with Crippen molar-refractivity contribution < 1.29 is 0 Å². The van der Waals surface area contributed by atoms with Crippen LogP contribution < -0.4 is 0 Å². The van der Waals surface area contributed by atoms with Crippen LogP contribution in [0.2, 0.25) is 0 Å². The Morgan fingerprint density at radius 1 is 1.06 bits per heavy atom. The molecule has 0 aliphatic rings. The SMILES string of the molecule is CCCCc1nnn(CCCC)c1C(C)(C)C. The number of aromatic nitrogens is 3. The van der Waals surface area contributed by atoms with Crippen molar-refractivity contribution >= 4 is 0 Å². The van der Waals surface area contributed by atoms with E-state index in [1.165, 1.54) is 37.1 Å². The lowest BCUT2D eigenvalue weighted by molar-refractivity contribution is 0.464. The molecule has 3 heteroatoms. The van der Waals surface area contributed by atoms with Crippen LogP contribution in [0.25, 0.3) is 0 Å². The van der Waals surface area contributed by atoms with Gasteiger partial charge in [-0.2, -0.15) is 0 Å². The van der Waals surface area contributed by atoms with Crippen molar-refractivity contribution in [1.29, 1.82) is 0 Å².